The molecular formula is C11H14BrClO2. The second-order valence-electron chi connectivity index (χ2n) is 3.31. The van der Waals surface area contributed by atoms with Crippen molar-refractivity contribution in [2.24, 2.45) is 0 Å². The lowest BCUT2D eigenvalue weighted by molar-refractivity contribution is -0.0000981. The number of methoxy groups -OCH3 is 1. The van der Waals surface area contributed by atoms with Gasteiger partial charge in [0.05, 0.1) is 19.3 Å². The van der Waals surface area contributed by atoms with Gasteiger partial charge in [0.25, 0.3) is 0 Å². The monoisotopic (exact) mass is 292 g/mol. The van der Waals surface area contributed by atoms with Crippen LogP contribution in [0.15, 0.2) is 22.7 Å². The Morgan fingerprint density at radius 3 is 2.80 bits per heavy atom. The summed E-state index contributed by atoms with van der Waals surface area (Å²) in [6.45, 7) is 3.07. The first-order chi connectivity index (χ1) is 7.13. The molecule has 4 heteroatoms. The van der Waals surface area contributed by atoms with Gasteiger partial charge >= 0.3 is 0 Å². The van der Waals surface area contributed by atoms with E-state index in [4.69, 9.17) is 21.1 Å². The highest BCUT2D eigenvalue weighted by Crippen LogP contribution is 2.22. The normalized spacial score (nSPS) is 12.8. The van der Waals surface area contributed by atoms with Gasteiger partial charge in [-0.15, -0.1) is 0 Å². The van der Waals surface area contributed by atoms with E-state index < -0.39 is 0 Å². The molecule has 0 fully saturated rings. The summed E-state index contributed by atoms with van der Waals surface area (Å²) in [5.41, 5.74) is 0.989. The Morgan fingerprint density at radius 2 is 2.20 bits per heavy atom. The van der Waals surface area contributed by atoms with Crippen LogP contribution in [0.3, 0.4) is 0 Å². The van der Waals surface area contributed by atoms with E-state index in [1.54, 1.807) is 7.11 Å². The topological polar surface area (TPSA) is 18.5 Å². The van der Waals surface area contributed by atoms with Crippen molar-refractivity contribution >= 4 is 27.5 Å². The van der Waals surface area contributed by atoms with E-state index >= 15 is 0 Å². The lowest BCUT2D eigenvalue weighted by Crippen LogP contribution is -2.14. The molecule has 0 aliphatic heterocycles. The van der Waals surface area contributed by atoms with Gasteiger partial charge in [-0.3, -0.25) is 0 Å². The molecule has 1 unspecified atom stereocenters. The van der Waals surface area contributed by atoms with Gasteiger partial charge in [0.15, 0.2) is 0 Å². The molecule has 0 aromatic heterocycles. The summed E-state index contributed by atoms with van der Waals surface area (Å²) in [6, 6.07) is 5.76. The maximum absolute atomic E-state index is 6.05. The van der Waals surface area contributed by atoms with E-state index in [-0.39, 0.29) is 6.10 Å². The Morgan fingerprint density at radius 1 is 1.47 bits per heavy atom. The van der Waals surface area contributed by atoms with Crippen LogP contribution in [-0.4, -0.2) is 19.8 Å². The third-order valence-electron chi connectivity index (χ3n) is 1.94. The van der Waals surface area contributed by atoms with Crippen molar-refractivity contribution < 1.29 is 9.47 Å². The zero-order valence-electron chi connectivity index (χ0n) is 8.80. The van der Waals surface area contributed by atoms with E-state index in [1.165, 1.54) is 0 Å². The zero-order chi connectivity index (χ0) is 11.3. The molecule has 15 heavy (non-hydrogen) atoms. The van der Waals surface area contributed by atoms with Crippen LogP contribution in [0.1, 0.15) is 12.5 Å². The minimum absolute atomic E-state index is 0.0784. The molecule has 0 heterocycles. The summed E-state index contributed by atoms with van der Waals surface area (Å²) in [6.07, 6.45) is 0.0784. The molecule has 0 aliphatic rings. The average Bonchev–Trinajstić information content (AvgIpc) is 2.17. The second-order valence-corrected chi connectivity index (χ2v) is 4.64. The molecule has 0 aliphatic carbocycles. The molecule has 0 saturated carbocycles. The van der Waals surface area contributed by atoms with E-state index in [0.717, 1.165) is 10.0 Å². The smallest absolute Gasteiger partial charge is 0.0784 e. The summed E-state index contributed by atoms with van der Waals surface area (Å²) >= 11 is 9.40. The van der Waals surface area contributed by atoms with Crippen LogP contribution in [0, 0.1) is 0 Å². The number of benzene rings is 1. The standard InChI is InChI=1S/C11H14BrClO2/c1-8(6-14-2)15-7-9-3-4-10(12)5-11(9)13/h3-5,8H,6-7H2,1-2H3. The third-order valence-corrected chi connectivity index (χ3v) is 2.78. The van der Waals surface area contributed by atoms with Gasteiger partial charge in [-0.05, 0) is 24.6 Å². The number of rotatable bonds is 5. The quantitative estimate of drug-likeness (QED) is 0.825. The lowest BCUT2D eigenvalue weighted by atomic mass is 10.2. The Kier molecular flexibility index (Phi) is 5.61. The molecular weight excluding hydrogens is 279 g/mol. The minimum atomic E-state index is 0.0784. The van der Waals surface area contributed by atoms with E-state index in [0.29, 0.717) is 18.2 Å². The fourth-order valence-electron chi connectivity index (χ4n) is 1.15. The van der Waals surface area contributed by atoms with Crippen LogP contribution in [0.2, 0.25) is 5.02 Å². The first-order valence-corrected chi connectivity index (χ1v) is 5.85. The van der Waals surface area contributed by atoms with Gasteiger partial charge in [0, 0.05) is 16.6 Å². The predicted molar refractivity (Wildman–Crippen MR) is 65.3 cm³/mol. The van der Waals surface area contributed by atoms with Crippen LogP contribution in [0.5, 0.6) is 0 Å². The summed E-state index contributed by atoms with van der Waals surface area (Å²) in [4.78, 5) is 0. The maximum atomic E-state index is 6.05. The summed E-state index contributed by atoms with van der Waals surface area (Å²) in [5, 5.41) is 0.717. The van der Waals surface area contributed by atoms with Crippen molar-refractivity contribution in [3.05, 3.63) is 33.3 Å². The Labute approximate surface area is 104 Å². The van der Waals surface area contributed by atoms with Crippen LogP contribution in [0.4, 0.5) is 0 Å². The Balaban J connectivity index is 2.50. The molecule has 0 radical (unpaired) electrons. The lowest BCUT2D eigenvalue weighted by Gasteiger charge is -2.12. The third kappa shape index (κ3) is 4.51. The van der Waals surface area contributed by atoms with Crippen LogP contribution in [0.25, 0.3) is 0 Å². The van der Waals surface area contributed by atoms with Crippen LogP contribution in [-0.2, 0) is 16.1 Å². The maximum Gasteiger partial charge on any atom is 0.0784 e. The zero-order valence-corrected chi connectivity index (χ0v) is 11.1. The Bertz CT molecular complexity index is 317. The van der Waals surface area contributed by atoms with Gasteiger partial charge in [0.2, 0.25) is 0 Å². The van der Waals surface area contributed by atoms with Gasteiger partial charge in [-0.25, -0.2) is 0 Å². The highest BCUT2D eigenvalue weighted by Gasteiger charge is 2.05. The van der Waals surface area contributed by atoms with Crippen molar-refractivity contribution in [2.45, 2.75) is 19.6 Å². The summed E-state index contributed by atoms with van der Waals surface area (Å²) in [7, 11) is 1.66. The van der Waals surface area contributed by atoms with E-state index in [2.05, 4.69) is 15.9 Å². The molecule has 0 spiro atoms. The number of hydrogen-bond donors (Lipinski definition) is 0. The van der Waals surface area contributed by atoms with Crippen molar-refractivity contribution in [3.8, 4) is 0 Å². The summed E-state index contributed by atoms with van der Waals surface area (Å²) in [5.74, 6) is 0. The molecule has 1 rings (SSSR count). The second kappa shape index (κ2) is 6.48. The van der Waals surface area contributed by atoms with E-state index in [9.17, 15) is 0 Å². The van der Waals surface area contributed by atoms with Gasteiger partial charge in [-0.2, -0.15) is 0 Å². The molecule has 1 aromatic rings. The first kappa shape index (κ1) is 13.0. The van der Waals surface area contributed by atoms with Gasteiger partial charge in [0.1, 0.15) is 0 Å². The molecule has 1 aromatic carbocycles. The van der Waals surface area contributed by atoms with Crippen molar-refractivity contribution in [3.63, 3.8) is 0 Å². The molecule has 1 atom stereocenters. The average molecular weight is 294 g/mol. The Hall–Kier alpha value is -0.0900. The molecule has 2 nitrogen and oxygen atoms in total. The summed E-state index contributed by atoms with van der Waals surface area (Å²) < 4.78 is 11.5. The molecule has 84 valence electrons. The number of ether oxygens (including phenoxy) is 2. The highest BCUT2D eigenvalue weighted by atomic mass is 79.9. The van der Waals surface area contributed by atoms with Crippen LogP contribution < -0.4 is 0 Å². The minimum Gasteiger partial charge on any atom is -0.382 e. The fraction of sp³-hybridized carbons (Fsp3) is 0.455. The molecule has 0 saturated heterocycles. The highest BCUT2D eigenvalue weighted by molar-refractivity contribution is 9.10. The van der Waals surface area contributed by atoms with Gasteiger partial charge in [-0.1, -0.05) is 33.6 Å². The van der Waals surface area contributed by atoms with Crippen molar-refractivity contribution in [2.75, 3.05) is 13.7 Å². The van der Waals surface area contributed by atoms with Gasteiger partial charge < -0.3 is 9.47 Å². The first-order valence-electron chi connectivity index (χ1n) is 4.68. The largest absolute Gasteiger partial charge is 0.382 e. The molecule has 0 N–H and O–H groups in total. The van der Waals surface area contributed by atoms with Crippen LogP contribution >= 0.6 is 27.5 Å². The number of halogens is 2. The molecule has 0 bridgehead atoms. The van der Waals surface area contributed by atoms with Crippen molar-refractivity contribution in [1.29, 1.82) is 0 Å². The van der Waals surface area contributed by atoms with Crippen molar-refractivity contribution in [1.82, 2.24) is 0 Å². The number of hydrogen-bond acceptors (Lipinski definition) is 2. The predicted octanol–water partition coefficient (Wildman–Crippen LogP) is 3.65. The molecule has 0 amide bonds. The fourth-order valence-corrected chi connectivity index (χ4v) is 1.88. The SMILES string of the molecule is COCC(C)OCc1ccc(Br)cc1Cl. The van der Waals surface area contributed by atoms with E-state index in [1.807, 2.05) is 25.1 Å².